The quantitative estimate of drug-likeness (QED) is 0.606. The highest BCUT2D eigenvalue weighted by molar-refractivity contribution is 7.98. The number of carbonyl (C=O) groups is 1. The fraction of sp³-hybridized carbons (Fsp3) is 0.300. The van der Waals surface area contributed by atoms with Gasteiger partial charge in [-0.05, 0) is 24.5 Å². The molecular formula is C10H13NO2S. The summed E-state index contributed by atoms with van der Waals surface area (Å²) in [6, 6.07) is 5.36. The molecule has 0 amide bonds. The van der Waals surface area contributed by atoms with Crippen LogP contribution in [0.5, 0.6) is 5.75 Å². The number of benzene rings is 1. The van der Waals surface area contributed by atoms with Crippen LogP contribution in [0.15, 0.2) is 23.1 Å². The molecule has 0 unspecified atom stereocenters. The van der Waals surface area contributed by atoms with E-state index in [0.717, 1.165) is 10.6 Å². The number of thioether (sulfide) groups is 1. The molecule has 0 aromatic heterocycles. The maximum absolute atomic E-state index is 11.4. The van der Waals surface area contributed by atoms with E-state index in [0.29, 0.717) is 5.56 Å². The van der Waals surface area contributed by atoms with Crippen LogP contribution < -0.4 is 10.5 Å². The second kappa shape index (κ2) is 5.02. The van der Waals surface area contributed by atoms with Crippen LogP contribution in [-0.4, -0.2) is 25.7 Å². The Labute approximate surface area is 87.6 Å². The largest absolute Gasteiger partial charge is 0.497 e. The molecule has 0 fully saturated rings. The highest BCUT2D eigenvalue weighted by Gasteiger charge is 2.09. The van der Waals surface area contributed by atoms with Crippen molar-refractivity contribution in [1.29, 1.82) is 0 Å². The van der Waals surface area contributed by atoms with Crippen LogP contribution in [0.1, 0.15) is 10.4 Å². The van der Waals surface area contributed by atoms with E-state index in [1.54, 1.807) is 19.2 Å². The average molecular weight is 211 g/mol. The molecule has 0 aliphatic rings. The zero-order valence-electron chi connectivity index (χ0n) is 8.24. The molecule has 14 heavy (non-hydrogen) atoms. The Hall–Kier alpha value is -1.00. The smallest absolute Gasteiger partial charge is 0.177 e. The van der Waals surface area contributed by atoms with Gasteiger partial charge in [0.15, 0.2) is 5.78 Å². The predicted octanol–water partition coefficient (Wildman–Crippen LogP) is 1.56. The first-order valence-electron chi connectivity index (χ1n) is 4.18. The van der Waals surface area contributed by atoms with Crippen molar-refractivity contribution >= 4 is 17.5 Å². The lowest BCUT2D eigenvalue weighted by atomic mass is 10.1. The van der Waals surface area contributed by atoms with Crippen molar-refractivity contribution in [3.63, 3.8) is 0 Å². The van der Waals surface area contributed by atoms with Gasteiger partial charge in [-0.2, -0.15) is 0 Å². The lowest BCUT2D eigenvalue weighted by molar-refractivity contribution is 0.0998. The maximum atomic E-state index is 11.4. The van der Waals surface area contributed by atoms with Crippen molar-refractivity contribution in [2.24, 2.45) is 5.73 Å². The Morgan fingerprint density at radius 2 is 2.29 bits per heavy atom. The van der Waals surface area contributed by atoms with Crippen molar-refractivity contribution in [2.45, 2.75) is 4.90 Å². The van der Waals surface area contributed by atoms with Crippen LogP contribution in [0.25, 0.3) is 0 Å². The second-order valence-corrected chi connectivity index (χ2v) is 3.54. The predicted molar refractivity (Wildman–Crippen MR) is 58.2 cm³/mol. The molecule has 1 rings (SSSR count). The summed E-state index contributed by atoms with van der Waals surface area (Å²) in [7, 11) is 1.60. The minimum atomic E-state index is -0.0444. The van der Waals surface area contributed by atoms with Gasteiger partial charge in [0.1, 0.15) is 5.75 Å². The third-order valence-electron chi connectivity index (χ3n) is 1.89. The fourth-order valence-corrected chi connectivity index (χ4v) is 1.77. The molecule has 76 valence electrons. The topological polar surface area (TPSA) is 52.3 Å². The molecule has 2 N–H and O–H groups in total. The molecule has 4 heteroatoms. The van der Waals surface area contributed by atoms with E-state index in [2.05, 4.69) is 0 Å². The number of hydrogen-bond acceptors (Lipinski definition) is 4. The lowest BCUT2D eigenvalue weighted by Crippen LogP contribution is -2.14. The summed E-state index contributed by atoms with van der Waals surface area (Å²) < 4.78 is 5.07. The van der Waals surface area contributed by atoms with Crippen LogP contribution in [-0.2, 0) is 0 Å². The number of Topliss-reactive ketones (excluding diaryl/α,β-unsaturated/α-hetero) is 1. The third kappa shape index (κ3) is 2.27. The number of hydrogen-bond donors (Lipinski definition) is 1. The molecule has 1 aromatic carbocycles. The summed E-state index contributed by atoms with van der Waals surface area (Å²) in [5.74, 6) is 0.708. The van der Waals surface area contributed by atoms with E-state index in [1.165, 1.54) is 11.8 Å². The van der Waals surface area contributed by atoms with E-state index in [1.807, 2.05) is 12.3 Å². The Morgan fingerprint density at radius 1 is 1.57 bits per heavy atom. The average Bonchev–Trinajstić information content (AvgIpc) is 2.27. The van der Waals surface area contributed by atoms with Gasteiger partial charge in [-0.15, -0.1) is 11.8 Å². The summed E-state index contributed by atoms with van der Waals surface area (Å²) >= 11 is 1.51. The highest BCUT2D eigenvalue weighted by Crippen LogP contribution is 2.25. The Balaban J connectivity index is 3.11. The van der Waals surface area contributed by atoms with Gasteiger partial charge in [0.2, 0.25) is 0 Å². The van der Waals surface area contributed by atoms with Crippen LogP contribution >= 0.6 is 11.8 Å². The zero-order valence-corrected chi connectivity index (χ0v) is 9.06. The van der Waals surface area contributed by atoms with Gasteiger partial charge in [-0.1, -0.05) is 0 Å². The highest BCUT2D eigenvalue weighted by atomic mass is 32.2. The van der Waals surface area contributed by atoms with Gasteiger partial charge in [0.05, 0.1) is 13.7 Å². The molecule has 1 aromatic rings. The number of ketones is 1. The van der Waals surface area contributed by atoms with Crippen LogP contribution in [0.4, 0.5) is 0 Å². The molecule has 0 heterocycles. The van der Waals surface area contributed by atoms with Gasteiger partial charge in [-0.3, -0.25) is 4.79 Å². The zero-order chi connectivity index (χ0) is 10.6. The van der Waals surface area contributed by atoms with Crippen molar-refractivity contribution in [2.75, 3.05) is 19.9 Å². The van der Waals surface area contributed by atoms with Gasteiger partial charge >= 0.3 is 0 Å². The van der Waals surface area contributed by atoms with Crippen molar-refractivity contribution < 1.29 is 9.53 Å². The summed E-state index contributed by atoms with van der Waals surface area (Å²) in [5, 5.41) is 0. The summed E-state index contributed by atoms with van der Waals surface area (Å²) in [5.41, 5.74) is 5.98. The molecule has 0 aliphatic heterocycles. The number of ether oxygens (including phenoxy) is 1. The fourth-order valence-electron chi connectivity index (χ4n) is 1.14. The Bertz CT molecular complexity index is 339. The summed E-state index contributed by atoms with van der Waals surface area (Å²) in [4.78, 5) is 12.3. The van der Waals surface area contributed by atoms with Gasteiger partial charge in [0, 0.05) is 10.5 Å². The Kier molecular flexibility index (Phi) is 3.98. The standard InChI is InChI=1S/C10H13NO2S/c1-13-7-3-4-8(9(12)6-11)10(5-7)14-2/h3-5H,6,11H2,1-2H3. The van der Waals surface area contributed by atoms with Crippen molar-refractivity contribution in [1.82, 2.24) is 0 Å². The molecule has 0 saturated heterocycles. The van der Waals surface area contributed by atoms with E-state index < -0.39 is 0 Å². The lowest BCUT2D eigenvalue weighted by Gasteiger charge is -2.07. The van der Waals surface area contributed by atoms with E-state index >= 15 is 0 Å². The molecule has 0 atom stereocenters. The second-order valence-electron chi connectivity index (χ2n) is 2.69. The van der Waals surface area contributed by atoms with Gasteiger partial charge < -0.3 is 10.5 Å². The molecule has 0 radical (unpaired) electrons. The third-order valence-corrected chi connectivity index (χ3v) is 2.67. The van der Waals surface area contributed by atoms with Gasteiger partial charge in [0.25, 0.3) is 0 Å². The first-order valence-corrected chi connectivity index (χ1v) is 5.40. The molecule has 0 spiro atoms. The molecular weight excluding hydrogens is 198 g/mol. The number of methoxy groups -OCH3 is 1. The Morgan fingerprint density at radius 3 is 2.79 bits per heavy atom. The summed E-state index contributed by atoms with van der Waals surface area (Å²) in [6.45, 7) is 0.0416. The molecule has 3 nitrogen and oxygen atoms in total. The molecule has 0 bridgehead atoms. The first kappa shape index (κ1) is 11.1. The van der Waals surface area contributed by atoms with Crippen LogP contribution in [0, 0.1) is 0 Å². The SMILES string of the molecule is COc1ccc(C(=O)CN)c(SC)c1. The van der Waals surface area contributed by atoms with Crippen molar-refractivity contribution in [3.8, 4) is 5.75 Å². The number of rotatable bonds is 4. The number of nitrogens with two attached hydrogens (primary N) is 1. The minimum Gasteiger partial charge on any atom is -0.497 e. The van der Waals surface area contributed by atoms with Gasteiger partial charge in [-0.25, -0.2) is 0 Å². The minimum absolute atomic E-state index is 0.0416. The number of carbonyl (C=O) groups excluding carboxylic acids is 1. The first-order chi connectivity index (χ1) is 6.72. The molecule has 0 aliphatic carbocycles. The van der Waals surface area contributed by atoms with E-state index in [-0.39, 0.29) is 12.3 Å². The van der Waals surface area contributed by atoms with E-state index in [4.69, 9.17) is 10.5 Å². The molecule has 0 saturated carbocycles. The van der Waals surface area contributed by atoms with Crippen molar-refractivity contribution in [3.05, 3.63) is 23.8 Å². The monoisotopic (exact) mass is 211 g/mol. The maximum Gasteiger partial charge on any atom is 0.177 e. The van der Waals surface area contributed by atoms with Crippen LogP contribution in [0.2, 0.25) is 0 Å². The van der Waals surface area contributed by atoms with Crippen LogP contribution in [0.3, 0.4) is 0 Å². The van der Waals surface area contributed by atoms with E-state index in [9.17, 15) is 4.79 Å². The normalized spacial score (nSPS) is 9.93. The summed E-state index contributed by atoms with van der Waals surface area (Å²) in [6.07, 6.45) is 1.92.